The van der Waals surface area contributed by atoms with Crippen LogP contribution >= 0.6 is 11.8 Å². The van der Waals surface area contributed by atoms with Crippen molar-refractivity contribution in [2.75, 3.05) is 24.4 Å². The first-order valence-electron chi connectivity index (χ1n) is 6.09. The molecule has 0 aromatic heterocycles. The van der Waals surface area contributed by atoms with Gasteiger partial charge in [0.1, 0.15) is 0 Å². The van der Waals surface area contributed by atoms with Crippen LogP contribution in [-0.2, 0) is 0 Å². The first-order valence-corrected chi connectivity index (χ1v) is 7.49. The second-order valence-corrected chi connectivity index (χ2v) is 5.39. The number of ketones is 1. The van der Waals surface area contributed by atoms with E-state index in [1.807, 2.05) is 13.2 Å². The molecule has 0 bridgehead atoms. The Kier molecular flexibility index (Phi) is 5.89. The summed E-state index contributed by atoms with van der Waals surface area (Å²) in [7, 11) is 1.78. The van der Waals surface area contributed by atoms with Gasteiger partial charge in [-0.2, -0.15) is 11.8 Å². The molecule has 0 radical (unpaired) electrons. The molecule has 1 rings (SSSR count). The van der Waals surface area contributed by atoms with Crippen molar-refractivity contribution in [3.05, 3.63) is 29.8 Å². The zero-order valence-corrected chi connectivity index (χ0v) is 12.6. The van der Waals surface area contributed by atoms with Crippen molar-refractivity contribution in [3.63, 3.8) is 0 Å². The lowest BCUT2D eigenvalue weighted by molar-refractivity contribution is 0.101. The van der Waals surface area contributed by atoms with E-state index < -0.39 is 0 Å². The predicted molar refractivity (Wildman–Crippen MR) is 81.1 cm³/mol. The number of anilines is 1. The third-order valence-corrected chi connectivity index (χ3v) is 3.75. The summed E-state index contributed by atoms with van der Waals surface area (Å²) in [4.78, 5) is 24.8. The molecule has 4 nitrogen and oxygen atoms in total. The van der Waals surface area contributed by atoms with E-state index in [4.69, 9.17) is 0 Å². The van der Waals surface area contributed by atoms with Crippen LogP contribution in [0.25, 0.3) is 0 Å². The van der Waals surface area contributed by atoms with Gasteiger partial charge in [-0.25, -0.2) is 4.79 Å². The molecule has 0 aliphatic rings. The molecule has 0 fully saturated rings. The maximum atomic E-state index is 12.0. The number of hydrogen-bond donors (Lipinski definition) is 1. The average molecular weight is 280 g/mol. The van der Waals surface area contributed by atoms with E-state index >= 15 is 0 Å². The maximum absolute atomic E-state index is 12.0. The van der Waals surface area contributed by atoms with Crippen LogP contribution in [0.1, 0.15) is 24.2 Å². The molecule has 0 aliphatic heterocycles. The van der Waals surface area contributed by atoms with E-state index in [1.165, 1.54) is 6.92 Å². The Morgan fingerprint density at radius 2 is 1.89 bits per heavy atom. The standard InChI is InChI=1S/C14H20N2O2S/c1-10(9-19-4)16(3)14(18)15-13-7-5-12(6-8-13)11(2)17/h5-8,10H,9H2,1-4H3,(H,15,18). The summed E-state index contributed by atoms with van der Waals surface area (Å²) < 4.78 is 0. The molecule has 0 heterocycles. The Morgan fingerprint density at radius 3 is 2.37 bits per heavy atom. The first kappa shape index (κ1) is 15.6. The van der Waals surface area contributed by atoms with Crippen LogP contribution in [0.3, 0.4) is 0 Å². The fraction of sp³-hybridized carbons (Fsp3) is 0.429. The lowest BCUT2D eigenvalue weighted by Crippen LogP contribution is -2.39. The third-order valence-electron chi connectivity index (χ3n) is 2.93. The lowest BCUT2D eigenvalue weighted by Gasteiger charge is -2.24. The molecule has 0 saturated heterocycles. The molecular weight excluding hydrogens is 260 g/mol. The number of urea groups is 1. The van der Waals surface area contributed by atoms with Crippen molar-refractivity contribution >= 4 is 29.3 Å². The van der Waals surface area contributed by atoms with Gasteiger partial charge in [0.25, 0.3) is 0 Å². The lowest BCUT2D eigenvalue weighted by atomic mass is 10.1. The van der Waals surface area contributed by atoms with Crippen LogP contribution in [0.15, 0.2) is 24.3 Å². The van der Waals surface area contributed by atoms with Crippen molar-refractivity contribution in [3.8, 4) is 0 Å². The van der Waals surface area contributed by atoms with Gasteiger partial charge in [-0.05, 0) is 44.4 Å². The first-order chi connectivity index (χ1) is 8.95. The molecule has 0 spiro atoms. The van der Waals surface area contributed by atoms with Gasteiger partial charge in [-0.15, -0.1) is 0 Å². The number of rotatable bonds is 5. The minimum Gasteiger partial charge on any atom is -0.324 e. The van der Waals surface area contributed by atoms with Crippen LogP contribution in [0.4, 0.5) is 10.5 Å². The number of thioether (sulfide) groups is 1. The molecule has 5 heteroatoms. The maximum Gasteiger partial charge on any atom is 0.321 e. The molecule has 19 heavy (non-hydrogen) atoms. The zero-order valence-electron chi connectivity index (χ0n) is 11.8. The minimum atomic E-state index is -0.142. The van der Waals surface area contributed by atoms with E-state index in [-0.39, 0.29) is 17.9 Å². The summed E-state index contributed by atoms with van der Waals surface area (Å²) in [6.45, 7) is 3.53. The Hall–Kier alpha value is -1.49. The smallest absolute Gasteiger partial charge is 0.321 e. The van der Waals surface area contributed by atoms with Crippen LogP contribution in [0, 0.1) is 0 Å². The Labute approximate surface area is 118 Å². The van der Waals surface area contributed by atoms with Crippen LogP contribution in [-0.4, -0.2) is 41.8 Å². The number of benzene rings is 1. The van der Waals surface area contributed by atoms with E-state index in [2.05, 4.69) is 5.32 Å². The van der Waals surface area contributed by atoms with E-state index in [0.29, 0.717) is 11.3 Å². The Balaban J connectivity index is 2.63. The molecule has 1 aromatic rings. The molecule has 104 valence electrons. The number of nitrogens with one attached hydrogen (secondary N) is 1. The summed E-state index contributed by atoms with van der Waals surface area (Å²) in [5, 5.41) is 2.81. The summed E-state index contributed by atoms with van der Waals surface area (Å²) in [5.41, 5.74) is 1.33. The van der Waals surface area contributed by atoms with Gasteiger partial charge in [-0.3, -0.25) is 4.79 Å². The highest BCUT2D eigenvalue weighted by atomic mass is 32.2. The highest BCUT2D eigenvalue weighted by molar-refractivity contribution is 7.98. The summed E-state index contributed by atoms with van der Waals surface area (Å²) in [6.07, 6.45) is 2.02. The quantitative estimate of drug-likeness (QED) is 0.843. The number of hydrogen-bond acceptors (Lipinski definition) is 3. The topological polar surface area (TPSA) is 49.4 Å². The molecule has 2 amide bonds. The summed E-state index contributed by atoms with van der Waals surface area (Å²) in [5.74, 6) is 0.913. The molecule has 1 aromatic carbocycles. The monoisotopic (exact) mass is 280 g/mol. The summed E-state index contributed by atoms with van der Waals surface area (Å²) >= 11 is 1.71. The van der Waals surface area contributed by atoms with Gasteiger partial charge >= 0.3 is 6.03 Å². The minimum absolute atomic E-state index is 0.0172. The number of Topliss-reactive ketones (excluding diaryl/α,β-unsaturated/α-hetero) is 1. The van der Waals surface area contributed by atoms with E-state index in [9.17, 15) is 9.59 Å². The van der Waals surface area contributed by atoms with Gasteiger partial charge in [0, 0.05) is 30.1 Å². The van der Waals surface area contributed by atoms with Gasteiger partial charge in [0.05, 0.1) is 0 Å². The largest absolute Gasteiger partial charge is 0.324 e. The molecule has 0 aliphatic carbocycles. The van der Waals surface area contributed by atoms with Gasteiger partial charge < -0.3 is 10.2 Å². The van der Waals surface area contributed by atoms with Gasteiger partial charge in [-0.1, -0.05) is 0 Å². The SMILES string of the molecule is CSCC(C)N(C)C(=O)Nc1ccc(C(C)=O)cc1. The van der Waals surface area contributed by atoms with Crippen molar-refractivity contribution < 1.29 is 9.59 Å². The average Bonchev–Trinajstić information content (AvgIpc) is 2.38. The van der Waals surface area contributed by atoms with Crippen molar-refractivity contribution in [2.45, 2.75) is 19.9 Å². The second-order valence-electron chi connectivity index (χ2n) is 4.48. The molecule has 1 unspecified atom stereocenters. The molecule has 1 N–H and O–H groups in total. The highest BCUT2D eigenvalue weighted by Gasteiger charge is 2.15. The van der Waals surface area contributed by atoms with E-state index in [1.54, 1.807) is 48.0 Å². The normalized spacial score (nSPS) is 11.8. The number of amides is 2. The second kappa shape index (κ2) is 7.19. The molecule has 1 atom stereocenters. The zero-order chi connectivity index (χ0) is 14.4. The van der Waals surface area contributed by atoms with Crippen molar-refractivity contribution in [2.24, 2.45) is 0 Å². The number of nitrogens with zero attached hydrogens (tertiary/aromatic N) is 1. The molecule has 0 saturated carbocycles. The number of carbonyl (C=O) groups is 2. The fourth-order valence-electron chi connectivity index (χ4n) is 1.55. The van der Waals surface area contributed by atoms with Gasteiger partial charge in [0.15, 0.2) is 5.78 Å². The van der Waals surface area contributed by atoms with Gasteiger partial charge in [0.2, 0.25) is 0 Å². The van der Waals surface area contributed by atoms with Crippen LogP contribution < -0.4 is 5.32 Å². The summed E-state index contributed by atoms with van der Waals surface area (Å²) in [6, 6.07) is 6.93. The number of carbonyl (C=O) groups excluding carboxylic acids is 2. The van der Waals surface area contributed by atoms with E-state index in [0.717, 1.165) is 5.75 Å². The Morgan fingerprint density at radius 1 is 1.32 bits per heavy atom. The predicted octanol–water partition coefficient (Wildman–Crippen LogP) is 3.10. The highest BCUT2D eigenvalue weighted by Crippen LogP contribution is 2.12. The van der Waals surface area contributed by atoms with Crippen molar-refractivity contribution in [1.29, 1.82) is 0 Å². The Bertz CT molecular complexity index is 445. The van der Waals surface area contributed by atoms with Crippen LogP contribution in [0.5, 0.6) is 0 Å². The van der Waals surface area contributed by atoms with Crippen molar-refractivity contribution in [1.82, 2.24) is 4.90 Å². The third kappa shape index (κ3) is 4.59. The fourth-order valence-corrected chi connectivity index (χ4v) is 2.26. The molecular formula is C14H20N2O2S. The van der Waals surface area contributed by atoms with Crippen LogP contribution in [0.2, 0.25) is 0 Å².